The number of hydrogen-bond acceptors (Lipinski definition) is 5. The summed E-state index contributed by atoms with van der Waals surface area (Å²) in [6.45, 7) is 5.74. The van der Waals surface area contributed by atoms with Crippen LogP contribution in [0.2, 0.25) is 0 Å². The fourth-order valence-corrected chi connectivity index (χ4v) is 3.33. The Morgan fingerprint density at radius 3 is 2.52 bits per heavy atom. The molecule has 0 saturated carbocycles. The summed E-state index contributed by atoms with van der Waals surface area (Å²) in [5, 5.41) is 8.66. The van der Waals surface area contributed by atoms with Gasteiger partial charge in [-0.1, -0.05) is 44.2 Å². The predicted molar refractivity (Wildman–Crippen MR) is 130 cm³/mol. The molecule has 33 heavy (non-hydrogen) atoms. The van der Waals surface area contributed by atoms with E-state index in [0.717, 1.165) is 33.2 Å². The molecular formula is C26H29N3O4. The number of methoxy groups -OCH3 is 1. The second-order valence-electron chi connectivity index (χ2n) is 7.97. The molecule has 3 aromatic carbocycles. The molecule has 172 valence electrons. The lowest BCUT2D eigenvalue weighted by atomic mass is 9.97. The molecule has 0 radical (unpaired) electrons. The van der Waals surface area contributed by atoms with Gasteiger partial charge in [-0.15, -0.1) is 0 Å². The summed E-state index contributed by atoms with van der Waals surface area (Å²) >= 11 is 0. The molecule has 0 fully saturated rings. The number of hydrogen-bond donors (Lipinski definition) is 2. The number of nitrogens with zero attached hydrogens (tertiary/aromatic N) is 1. The zero-order chi connectivity index (χ0) is 23.8. The molecule has 0 bridgehead atoms. The molecule has 7 heteroatoms. The van der Waals surface area contributed by atoms with Crippen LogP contribution in [0.4, 0.5) is 0 Å². The van der Waals surface area contributed by atoms with Crippen LogP contribution in [0, 0.1) is 6.92 Å². The van der Waals surface area contributed by atoms with E-state index in [-0.39, 0.29) is 19.1 Å². The predicted octanol–water partition coefficient (Wildman–Crippen LogP) is 3.93. The van der Waals surface area contributed by atoms with Gasteiger partial charge in [-0.25, -0.2) is 5.43 Å². The van der Waals surface area contributed by atoms with Crippen LogP contribution in [0.25, 0.3) is 10.8 Å². The maximum atomic E-state index is 12.0. The fourth-order valence-electron chi connectivity index (χ4n) is 3.33. The van der Waals surface area contributed by atoms with Crippen molar-refractivity contribution >= 4 is 28.8 Å². The van der Waals surface area contributed by atoms with Crippen LogP contribution in [0.1, 0.15) is 36.5 Å². The molecule has 2 amide bonds. The van der Waals surface area contributed by atoms with Crippen LogP contribution in [-0.4, -0.2) is 38.3 Å². The summed E-state index contributed by atoms with van der Waals surface area (Å²) in [7, 11) is 1.65. The summed E-state index contributed by atoms with van der Waals surface area (Å²) in [5.41, 5.74) is 5.36. The quantitative estimate of drug-likeness (QED) is 0.384. The van der Waals surface area contributed by atoms with Crippen LogP contribution in [0.15, 0.2) is 59.7 Å². The van der Waals surface area contributed by atoms with Gasteiger partial charge in [0.2, 0.25) is 0 Å². The van der Waals surface area contributed by atoms with Crippen LogP contribution in [-0.2, 0) is 9.59 Å². The van der Waals surface area contributed by atoms with Gasteiger partial charge in [-0.05, 0) is 64.6 Å². The number of carbonyl (C=O) groups excluding carboxylic acids is 2. The SMILES string of the molecule is COc1cc(C)c(/C=N/NC(=O)CNC(=O)COc2ccc3ccccc3c2)cc1C(C)C. The lowest BCUT2D eigenvalue weighted by molar-refractivity contribution is -0.127. The molecule has 0 aromatic heterocycles. The molecule has 2 N–H and O–H groups in total. The molecule has 7 nitrogen and oxygen atoms in total. The molecule has 0 saturated heterocycles. The van der Waals surface area contributed by atoms with Crippen molar-refractivity contribution in [2.24, 2.45) is 5.10 Å². The Hall–Kier alpha value is -3.87. The number of fused-ring (bicyclic) bond motifs is 1. The highest BCUT2D eigenvalue weighted by atomic mass is 16.5. The van der Waals surface area contributed by atoms with Gasteiger partial charge in [0.25, 0.3) is 11.8 Å². The number of ether oxygens (including phenoxy) is 2. The van der Waals surface area contributed by atoms with Gasteiger partial charge in [0.05, 0.1) is 19.9 Å². The summed E-state index contributed by atoms with van der Waals surface area (Å²) in [6, 6.07) is 17.5. The van der Waals surface area contributed by atoms with Gasteiger partial charge in [0, 0.05) is 0 Å². The van der Waals surface area contributed by atoms with E-state index < -0.39 is 11.8 Å². The minimum Gasteiger partial charge on any atom is -0.496 e. The highest BCUT2D eigenvalue weighted by Crippen LogP contribution is 2.29. The number of amides is 2. The van der Waals surface area contributed by atoms with E-state index in [0.29, 0.717) is 5.75 Å². The van der Waals surface area contributed by atoms with Gasteiger partial charge in [0.1, 0.15) is 11.5 Å². The number of carbonyl (C=O) groups is 2. The van der Waals surface area contributed by atoms with Crippen molar-refractivity contribution in [2.75, 3.05) is 20.3 Å². The van der Waals surface area contributed by atoms with Crippen molar-refractivity contribution < 1.29 is 19.1 Å². The van der Waals surface area contributed by atoms with Gasteiger partial charge in [-0.3, -0.25) is 9.59 Å². The number of benzene rings is 3. The average Bonchev–Trinajstić information content (AvgIpc) is 2.81. The van der Waals surface area contributed by atoms with Crippen LogP contribution in [0.5, 0.6) is 11.5 Å². The maximum absolute atomic E-state index is 12.0. The van der Waals surface area contributed by atoms with Crippen molar-refractivity contribution in [3.05, 3.63) is 71.3 Å². The topological polar surface area (TPSA) is 89.0 Å². The second-order valence-corrected chi connectivity index (χ2v) is 7.97. The van der Waals surface area contributed by atoms with Gasteiger partial charge in [-0.2, -0.15) is 5.10 Å². The first-order valence-electron chi connectivity index (χ1n) is 10.8. The molecule has 0 heterocycles. The molecule has 0 aliphatic carbocycles. The number of nitrogens with one attached hydrogen (secondary N) is 2. The van der Waals surface area contributed by atoms with E-state index in [2.05, 4.69) is 29.7 Å². The first-order chi connectivity index (χ1) is 15.9. The third kappa shape index (κ3) is 6.55. The van der Waals surface area contributed by atoms with Crippen molar-refractivity contribution in [1.29, 1.82) is 0 Å². The van der Waals surface area contributed by atoms with Crippen LogP contribution >= 0.6 is 0 Å². The summed E-state index contributed by atoms with van der Waals surface area (Å²) in [5.74, 6) is 0.885. The first-order valence-corrected chi connectivity index (χ1v) is 10.8. The third-order valence-corrected chi connectivity index (χ3v) is 5.17. The van der Waals surface area contributed by atoms with E-state index in [1.165, 1.54) is 0 Å². The normalized spacial score (nSPS) is 11.1. The number of rotatable bonds is 9. The van der Waals surface area contributed by atoms with E-state index >= 15 is 0 Å². The minimum atomic E-state index is -0.430. The lowest BCUT2D eigenvalue weighted by Gasteiger charge is -2.14. The van der Waals surface area contributed by atoms with E-state index in [4.69, 9.17) is 9.47 Å². The Balaban J connectivity index is 1.46. The second kappa shape index (κ2) is 11.1. The average molecular weight is 448 g/mol. The van der Waals surface area contributed by atoms with E-state index in [1.807, 2.05) is 61.5 Å². The molecule has 3 rings (SSSR count). The minimum absolute atomic E-state index is 0.183. The Bertz CT molecular complexity index is 1170. The Labute approximate surface area is 193 Å². The fraction of sp³-hybridized carbons (Fsp3) is 0.269. The Morgan fingerprint density at radius 1 is 1.03 bits per heavy atom. The standard InChI is InChI=1S/C26H29N3O4/c1-17(2)23-13-21(18(3)11-24(23)32-4)14-28-29-25(30)15-27-26(31)16-33-22-10-9-19-7-5-6-8-20(19)12-22/h5-14,17H,15-16H2,1-4H3,(H,27,31)(H,29,30)/b28-14+. The first kappa shape index (κ1) is 23.8. The molecule has 3 aromatic rings. The Morgan fingerprint density at radius 2 is 1.79 bits per heavy atom. The Kier molecular flexibility index (Phi) is 8.02. The summed E-state index contributed by atoms with van der Waals surface area (Å²) < 4.78 is 11.0. The highest BCUT2D eigenvalue weighted by molar-refractivity contribution is 5.88. The maximum Gasteiger partial charge on any atom is 0.259 e. The zero-order valence-corrected chi connectivity index (χ0v) is 19.3. The zero-order valence-electron chi connectivity index (χ0n) is 19.3. The largest absolute Gasteiger partial charge is 0.496 e. The van der Waals surface area contributed by atoms with Crippen LogP contribution < -0.4 is 20.2 Å². The van der Waals surface area contributed by atoms with Crippen molar-refractivity contribution in [2.45, 2.75) is 26.7 Å². The number of hydrazone groups is 1. The summed E-state index contributed by atoms with van der Waals surface area (Å²) in [4.78, 5) is 24.0. The third-order valence-electron chi connectivity index (χ3n) is 5.17. The van der Waals surface area contributed by atoms with Crippen molar-refractivity contribution in [3.63, 3.8) is 0 Å². The number of aryl methyl sites for hydroxylation is 1. The van der Waals surface area contributed by atoms with Crippen LogP contribution in [0.3, 0.4) is 0 Å². The molecule has 0 atom stereocenters. The van der Waals surface area contributed by atoms with Crippen molar-refractivity contribution in [3.8, 4) is 11.5 Å². The van der Waals surface area contributed by atoms with Gasteiger partial charge < -0.3 is 14.8 Å². The highest BCUT2D eigenvalue weighted by Gasteiger charge is 2.11. The smallest absolute Gasteiger partial charge is 0.259 e. The van der Waals surface area contributed by atoms with E-state index in [9.17, 15) is 9.59 Å². The molecule has 0 aliphatic rings. The monoisotopic (exact) mass is 447 g/mol. The van der Waals surface area contributed by atoms with Gasteiger partial charge >= 0.3 is 0 Å². The van der Waals surface area contributed by atoms with E-state index in [1.54, 1.807) is 13.3 Å². The molecule has 0 aliphatic heterocycles. The lowest BCUT2D eigenvalue weighted by Crippen LogP contribution is -2.37. The molecular weight excluding hydrogens is 418 g/mol. The molecule has 0 spiro atoms. The van der Waals surface area contributed by atoms with Crippen molar-refractivity contribution in [1.82, 2.24) is 10.7 Å². The van der Waals surface area contributed by atoms with Gasteiger partial charge in [0.15, 0.2) is 6.61 Å². The molecule has 0 unspecified atom stereocenters. The summed E-state index contributed by atoms with van der Waals surface area (Å²) in [6.07, 6.45) is 1.59.